The molecule has 1 aromatic heterocycles. The number of ether oxygens (including phenoxy) is 2. The highest BCUT2D eigenvalue weighted by molar-refractivity contribution is 9.10. The molecule has 2 aromatic rings. The van der Waals surface area contributed by atoms with Crippen molar-refractivity contribution < 1.29 is 9.47 Å². The molecule has 1 aliphatic heterocycles. The molecule has 106 valence electrons. The number of fused-ring (bicyclic) bond motifs is 1. The van der Waals surface area contributed by atoms with Gasteiger partial charge in [-0.05, 0) is 18.2 Å². The average Bonchev–Trinajstić information content (AvgIpc) is 2.39. The van der Waals surface area contributed by atoms with Gasteiger partial charge in [0.2, 0.25) is 0 Å². The van der Waals surface area contributed by atoms with Crippen molar-refractivity contribution in [1.82, 2.24) is 4.57 Å². The van der Waals surface area contributed by atoms with Crippen LogP contribution in [-0.2, 0) is 11.3 Å². The lowest BCUT2D eigenvalue weighted by atomic mass is 9.88. The molecule has 20 heavy (non-hydrogen) atoms. The zero-order valence-electron chi connectivity index (χ0n) is 11.5. The maximum absolute atomic E-state index is 12.4. The third-order valence-corrected chi connectivity index (χ3v) is 4.19. The SMILES string of the molecule is COc1cc(=O)n(CC2(C)COC2)c2cc(Br)ccc12. The van der Waals surface area contributed by atoms with E-state index in [9.17, 15) is 4.79 Å². The summed E-state index contributed by atoms with van der Waals surface area (Å²) in [6.07, 6.45) is 0. The highest BCUT2D eigenvalue weighted by atomic mass is 79.9. The number of pyridine rings is 1. The van der Waals surface area contributed by atoms with Crippen LogP contribution in [0.25, 0.3) is 10.9 Å². The van der Waals surface area contributed by atoms with E-state index < -0.39 is 0 Å². The largest absolute Gasteiger partial charge is 0.496 e. The molecule has 0 bridgehead atoms. The molecule has 1 aliphatic rings. The summed E-state index contributed by atoms with van der Waals surface area (Å²) in [5, 5.41) is 0.944. The second-order valence-corrected chi connectivity index (χ2v) is 6.52. The van der Waals surface area contributed by atoms with Crippen LogP contribution in [0.3, 0.4) is 0 Å². The lowest BCUT2D eigenvalue weighted by Crippen LogP contribution is -2.45. The molecule has 0 aliphatic carbocycles. The zero-order chi connectivity index (χ0) is 14.3. The van der Waals surface area contributed by atoms with Crippen LogP contribution < -0.4 is 10.3 Å². The molecular formula is C15H16BrNO3. The first kappa shape index (κ1) is 13.6. The van der Waals surface area contributed by atoms with Crippen molar-refractivity contribution in [2.75, 3.05) is 20.3 Å². The fraction of sp³-hybridized carbons (Fsp3) is 0.400. The molecule has 0 saturated carbocycles. The molecule has 4 nitrogen and oxygen atoms in total. The molecule has 0 spiro atoms. The van der Waals surface area contributed by atoms with Crippen LogP contribution in [0.4, 0.5) is 0 Å². The van der Waals surface area contributed by atoms with E-state index in [0.29, 0.717) is 25.5 Å². The van der Waals surface area contributed by atoms with Gasteiger partial charge in [-0.25, -0.2) is 0 Å². The monoisotopic (exact) mass is 337 g/mol. The lowest BCUT2D eigenvalue weighted by Gasteiger charge is -2.38. The van der Waals surface area contributed by atoms with Crippen LogP contribution in [0.15, 0.2) is 33.5 Å². The maximum Gasteiger partial charge on any atom is 0.254 e. The second-order valence-electron chi connectivity index (χ2n) is 5.60. The Bertz CT molecular complexity index is 719. The first-order chi connectivity index (χ1) is 9.52. The van der Waals surface area contributed by atoms with Crippen LogP contribution in [0.5, 0.6) is 5.75 Å². The molecule has 5 heteroatoms. The van der Waals surface area contributed by atoms with Crippen molar-refractivity contribution in [3.63, 3.8) is 0 Å². The molecule has 1 saturated heterocycles. The van der Waals surface area contributed by atoms with Crippen molar-refractivity contribution in [3.8, 4) is 5.75 Å². The van der Waals surface area contributed by atoms with E-state index in [0.717, 1.165) is 15.4 Å². The van der Waals surface area contributed by atoms with Gasteiger partial charge >= 0.3 is 0 Å². The van der Waals surface area contributed by atoms with Gasteiger partial charge in [-0.2, -0.15) is 0 Å². The number of rotatable bonds is 3. The fourth-order valence-corrected chi connectivity index (χ4v) is 2.93. The van der Waals surface area contributed by atoms with Gasteiger partial charge in [0, 0.05) is 27.9 Å². The topological polar surface area (TPSA) is 40.5 Å². The molecule has 0 atom stereocenters. The summed E-state index contributed by atoms with van der Waals surface area (Å²) in [4.78, 5) is 12.4. The Hall–Kier alpha value is -1.33. The van der Waals surface area contributed by atoms with Gasteiger partial charge in [-0.15, -0.1) is 0 Å². The highest BCUT2D eigenvalue weighted by Gasteiger charge is 2.34. The molecule has 0 radical (unpaired) electrons. The maximum atomic E-state index is 12.4. The van der Waals surface area contributed by atoms with E-state index in [1.807, 2.05) is 22.8 Å². The van der Waals surface area contributed by atoms with E-state index in [4.69, 9.17) is 9.47 Å². The molecule has 3 rings (SSSR count). The second kappa shape index (κ2) is 4.90. The predicted molar refractivity (Wildman–Crippen MR) is 81.4 cm³/mol. The van der Waals surface area contributed by atoms with Crippen LogP contribution in [0.2, 0.25) is 0 Å². The molecule has 2 heterocycles. The number of hydrogen-bond acceptors (Lipinski definition) is 3. The summed E-state index contributed by atoms with van der Waals surface area (Å²) in [7, 11) is 1.59. The minimum Gasteiger partial charge on any atom is -0.496 e. The van der Waals surface area contributed by atoms with Gasteiger partial charge in [-0.3, -0.25) is 4.79 Å². The summed E-state index contributed by atoms with van der Waals surface area (Å²) in [5.41, 5.74) is 0.880. The Morgan fingerprint density at radius 1 is 1.40 bits per heavy atom. The van der Waals surface area contributed by atoms with Gasteiger partial charge in [0.15, 0.2) is 0 Å². The summed E-state index contributed by atoms with van der Waals surface area (Å²) in [6, 6.07) is 7.43. The van der Waals surface area contributed by atoms with Crippen molar-refractivity contribution in [3.05, 3.63) is 39.1 Å². The number of halogens is 1. The van der Waals surface area contributed by atoms with E-state index >= 15 is 0 Å². The Morgan fingerprint density at radius 3 is 2.75 bits per heavy atom. The standard InChI is InChI=1S/C15H16BrNO3/c1-15(8-20-9-15)7-17-12-5-10(16)3-4-11(12)13(19-2)6-14(17)18/h3-6H,7-9H2,1-2H3. The number of benzene rings is 1. The molecule has 1 fully saturated rings. The van der Waals surface area contributed by atoms with Crippen molar-refractivity contribution in [2.45, 2.75) is 13.5 Å². The number of nitrogens with zero attached hydrogens (tertiary/aromatic N) is 1. The first-order valence-corrected chi connectivity index (χ1v) is 7.27. The number of aromatic nitrogens is 1. The lowest BCUT2D eigenvalue weighted by molar-refractivity contribution is -0.110. The summed E-state index contributed by atoms with van der Waals surface area (Å²) in [5.74, 6) is 0.615. The van der Waals surface area contributed by atoms with Crippen LogP contribution >= 0.6 is 15.9 Å². The van der Waals surface area contributed by atoms with Gasteiger partial charge in [0.1, 0.15) is 5.75 Å². The summed E-state index contributed by atoms with van der Waals surface area (Å²) < 4.78 is 13.4. The summed E-state index contributed by atoms with van der Waals surface area (Å²) in [6.45, 7) is 4.18. The Labute approximate surface area is 125 Å². The molecular weight excluding hydrogens is 322 g/mol. The number of methoxy groups -OCH3 is 1. The molecule has 0 amide bonds. The van der Waals surface area contributed by atoms with Gasteiger partial charge in [0.25, 0.3) is 5.56 Å². The average molecular weight is 338 g/mol. The highest BCUT2D eigenvalue weighted by Crippen LogP contribution is 2.31. The number of hydrogen-bond donors (Lipinski definition) is 0. The van der Waals surface area contributed by atoms with Crippen LogP contribution in [0, 0.1) is 5.41 Å². The predicted octanol–water partition coefficient (Wildman–Crippen LogP) is 2.81. The van der Waals surface area contributed by atoms with Crippen LogP contribution in [0.1, 0.15) is 6.92 Å². The zero-order valence-corrected chi connectivity index (χ0v) is 13.1. The Balaban J connectivity index is 2.22. The van der Waals surface area contributed by atoms with Crippen molar-refractivity contribution in [2.24, 2.45) is 5.41 Å². The van der Waals surface area contributed by atoms with E-state index in [2.05, 4.69) is 22.9 Å². The van der Waals surface area contributed by atoms with Gasteiger partial charge in [-0.1, -0.05) is 22.9 Å². The minimum atomic E-state index is -0.0411. The quantitative estimate of drug-likeness (QED) is 0.864. The third kappa shape index (κ3) is 2.25. The Morgan fingerprint density at radius 2 is 2.15 bits per heavy atom. The fourth-order valence-electron chi connectivity index (χ4n) is 2.58. The van der Waals surface area contributed by atoms with E-state index in [-0.39, 0.29) is 11.0 Å². The molecule has 1 aromatic carbocycles. The molecule has 0 unspecified atom stereocenters. The van der Waals surface area contributed by atoms with E-state index in [1.54, 1.807) is 13.2 Å². The van der Waals surface area contributed by atoms with Crippen molar-refractivity contribution in [1.29, 1.82) is 0 Å². The first-order valence-electron chi connectivity index (χ1n) is 6.47. The minimum absolute atomic E-state index is 0.0354. The van der Waals surface area contributed by atoms with Gasteiger partial charge < -0.3 is 14.0 Å². The van der Waals surface area contributed by atoms with E-state index in [1.165, 1.54) is 0 Å². The summed E-state index contributed by atoms with van der Waals surface area (Å²) >= 11 is 3.47. The Kier molecular flexibility index (Phi) is 3.34. The smallest absolute Gasteiger partial charge is 0.254 e. The van der Waals surface area contributed by atoms with Crippen LogP contribution in [-0.4, -0.2) is 24.9 Å². The molecule has 0 N–H and O–H groups in total. The van der Waals surface area contributed by atoms with Gasteiger partial charge in [0.05, 0.1) is 25.8 Å². The normalized spacial score (nSPS) is 16.9. The third-order valence-electron chi connectivity index (χ3n) is 3.70. The van der Waals surface area contributed by atoms with Crippen molar-refractivity contribution >= 4 is 26.8 Å².